The average molecular weight is 516 g/mol. The van der Waals surface area contributed by atoms with Crippen LogP contribution < -0.4 is 4.74 Å². The van der Waals surface area contributed by atoms with Crippen LogP contribution in [0.2, 0.25) is 5.02 Å². The smallest absolute Gasteiger partial charge is 0.225 e. The summed E-state index contributed by atoms with van der Waals surface area (Å²) in [6.45, 7) is 6.85. The fourth-order valence-corrected chi connectivity index (χ4v) is 5.43. The fourth-order valence-electron chi connectivity index (χ4n) is 5.31. The van der Waals surface area contributed by atoms with E-state index in [1.54, 1.807) is 0 Å². The van der Waals surface area contributed by atoms with Gasteiger partial charge in [-0.1, -0.05) is 61.0 Å². The minimum absolute atomic E-state index is 0.0678. The van der Waals surface area contributed by atoms with Crippen LogP contribution in [0.3, 0.4) is 0 Å². The lowest BCUT2D eigenvalue weighted by atomic mass is 9.90. The van der Waals surface area contributed by atoms with Gasteiger partial charge in [-0.15, -0.1) is 0 Å². The number of carbonyl (C=O) groups excluding carboxylic acids is 1. The number of amides is 1. The summed E-state index contributed by atoms with van der Waals surface area (Å²) in [6, 6.07) is 24.2. The molecule has 0 radical (unpaired) electrons. The molecule has 2 unspecified atom stereocenters. The number of para-hydroxylation sites is 1. The first-order chi connectivity index (χ1) is 18.0. The molecule has 4 aromatic rings. The molecule has 0 bridgehead atoms. The van der Waals surface area contributed by atoms with Crippen molar-refractivity contribution in [1.82, 2.24) is 14.5 Å². The van der Waals surface area contributed by atoms with Crippen molar-refractivity contribution in [3.05, 3.63) is 94.8 Å². The van der Waals surface area contributed by atoms with E-state index in [1.807, 2.05) is 30.3 Å². The summed E-state index contributed by atoms with van der Waals surface area (Å²) >= 11 is 6.01. The van der Waals surface area contributed by atoms with Crippen molar-refractivity contribution in [3.63, 3.8) is 0 Å². The SMILES string of the molecule is Cc1cccc2c1nc(COc1ccc(Cl)cc1)n2CCC(C)C(=O)N1CCCC(c2ccccc2)C1. The number of rotatable bonds is 8. The van der Waals surface area contributed by atoms with Crippen molar-refractivity contribution < 1.29 is 9.53 Å². The first-order valence-corrected chi connectivity index (χ1v) is 13.5. The maximum absolute atomic E-state index is 13.4. The summed E-state index contributed by atoms with van der Waals surface area (Å²) in [6.07, 6.45) is 2.94. The molecule has 0 aliphatic carbocycles. The summed E-state index contributed by atoms with van der Waals surface area (Å²) in [5, 5.41) is 0.678. The Bertz CT molecular complexity index is 1350. The number of likely N-dealkylation sites (tertiary alicyclic amines) is 1. The topological polar surface area (TPSA) is 47.4 Å². The molecular weight excluding hydrogens is 482 g/mol. The number of nitrogens with zero attached hydrogens (tertiary/aromatic N) is 3. The average Bonchev–Trinajstić information content (AvgIpc) is 3.30. The third-order valence-corrected chi connectivity index (χ3v) is 7.70. The van der Waals surface area contributed by atoms with Crippen LogP contribution >= 0.6 is 11.6 Å². The van der Waals surface area contributed by atoms with Crippen molar-refractivity contribution in [2.75, 3.05) is 13.1 Å². The second-order valence-electron chi connectivity index (χ2n) is 10.1. The van der Waals surface area contributed by atoms with Gasteiger partial charge < -0.3 is 14.2 Å². The van der Waals surface area contributed by atoms with E-state index in [0.29, 0.717) is 24.1 Å². The zero-order valence-electron chi connectivity index (χ0n) is 21.6. The minimum atomic E-state index is -0.0678. The number of imidazole rings is 1. The third kappa shape index (κ3) is 5.83. The molecule has 1 amide bonds. The molecule has 0 spiro atoms. The molecule has 6 heteroatoms. The summed E-state index contributed by atoms with van der Waals surface area (Å²) in [7, 11) is 0. The lowest BCUT2D eigenvalue weighted by Crippen LogP contribution is -2.42. The van der Waals surface area contributed by atoms with Crippen LogP contribution in [0.25, 0.3) is 11.0 Å². The largest absolute Gasteiger partial charge is 0.486 e. The Labute approximate surface area is 224 Å². The van der Waals surface area contributed by atoms with E-state index in [2.05, 4.69) is 65.8 Å². The number of hydrogen-bond donors (Lipinski definition) is 0. The Balaban J connectivity index is 1.28. The molecule has 3 aromatic carbocycles. The predicted octanol–water partition coefficient (Wildman–Crippen LogP) is 7.01. The molecule has 2 atom stereocenters. The van der Waals surface area contributed by atoms with Gasteiger partial charge in [0, 0.05) is 36.5 Å². The van der Waals surface area contributed by atoms with E-state index in [4.69, 9.17) is 21.3 Å². The van der Waals surface area contributed by atoms with Gasteiger partial charge in [0.1, 0.15) is 18.2 Å². The Hall–Kier alpha value is -3.31. The van der Waals surface area contributed by atoms with Crippen molar-refractivity contribution >= 4 is 28.5 Å². The standard InChI is InChI=1S/C31H34ClN3O2/c1-22-8-6-12-28-30(22)33-29(21-37-27-15-13-26(32)14-16-27)35(28)19-17-23(2)31(36)34-18-7-11-25(20-34)24-9-4-3-5-10-24/h3-6,8-10,12-16,23,25H,7,11,17-21H2,1-2H3. The quantitative estimate of drug-likeness (QED) is 0.253. The molecule has 0 N–H and O–H groups in total. The minimum Gasteiger partial charge on any atom is -0.486 e. The number of benzene rings is 3. The molecule has 1 aromatic heterocycles. The van der Waals surface area contributed by atoms with E-state index >= 15 is 0 Å². The molecule has 2 heterocycles. The second kappa shape index (κ2) is 11.4. The van der Waals surface area contributed by atoms with E-state index in [0.717, 1.165) is 60.5 Å². The Morgan fingerprint density at radius 2 is 1.86 bits per heavy atom. The molecule has 192 valence electrons. The van der Waals surface area contributed by atoms with Crippen molar-refractivity contribution in [3.8, 4) is 5.75 Å². The van der Waals surface area contributed by atoms with Crippen molar-refractivity contribution in [2.45, 2.75) is 52.2 Å². The van der Waals surface area contributed by atoms with E-state index in [9.17, 15) is 4.79 Å². The maximum atomic E-state index is 13.4. The molecule has 1 saturated heterocycles. The first kappa shape index (κ1) is 25.3. The second-order valence-corrected chi connectivity index (χ2v) is 10.5. The highest BCUT2D eigenvalue weighted by atomic mass is 35.5. The van der Waals surface area contributed by atoms with Gasteiger partial charge in [-0.2, -0.15) is 0 Å². The summed E-state index contributed by atoms with van der Waals surface area (Å²) in [5.74, 6) is 2.22. The predicted molar refractivity (Wildman–Crippen MR) is 149 cm³/mol. The van der Waals surface area contributed by atoms with Crippen LogP contribution in [0.5, 0.6) is 5.75 Å². The lowest BCUT2D eigenvalue weighted by Gasteiger charge is -2.34. The summed E-state index contributed by atoms with van der Waals surface area (Å²) in [5.41, 5.74) is 4.53. The van der Waals surface area contributed by atoms with Gasteiger partial charge in [-0.05, 0) is 67.6 Å². The summed E-state index contributed by atoms with van der Waals surface area (Å²) in [4.78, 5) is 20.4. The van der Waals surface area contributed by atoms with Gasteiger partial charge in [0.15, 0.2) is 0 Å². The first-order valence-electron chi connectivity index (χ1n) is 13.2. The Morgan fingerprint density at radius 1 is 1.08 bits per heavy atom. The van der Waals surface area contributed by atoms with Crippen LogP contribution in [0, 0.1) is 12.8 Å². The molecule has 1 aliphatic rings. The molecule has 0 saturated carbocycles. The molecule has 5 nitrogen and oxygen atoms in total. The number of fused-ring (bicyclic) bond motifs is 1. The van der Waals surface area contributed by atoms with Crippen LogP contribution in [-0.4, -0.2) is 33.4 Å². The highest BCUT2D eigenvalue weighted by molar-refractivity contribution is 6.30. The Morgan fingerprint density at radius 3 is 2.65 bits per heavy atom. The Kier molecular flexibility index (Phi) is 7.80. The van der Waals surface area contributed by atoms with E-state index < -0.39 is 0 Å². The molecule has 37 heavy (non-hydrogen) atoms. The number of carbonyl (C=O) groups is 1. The zero-order chi connectivity index (χ0) is 25.8. The summed E-state index contributed by atoms with van der Waals surface area (Å²) < 4.78 is 8.26. The van der Waals surface area contributed by atoms with Crippen LogP contribution in [0.15, 0.2) is 72.8 Å². The van der Waals surface area contributed by atoms with E-state index in [1.165, 1.54) is 5.56 Å². The van der Waals surface area contributed by atoms with Crippen molar-refractivity contribution in [1.29, 1.82) is 0 Å². The van der Waals surface area contributed by atoms with Crippen LogP contribution in [-0.2, 0) is 17.9 Å². The van der Waals surface area contributed by atoms with E-state index in [-0.39, 0.29) is 11.8 Å². The molecule has 1 fully saturated rings. The zero-order valence-corrected chi connectivity index (χ0v) is 22.3. The van der Waals surface area contributed by atoms with Gasteiger partial charge in [0.25, 0.3) is 0 Å². The number of aryl methyl sites for hydroxylation is 2. The fraction of sp³-hybridized carbons (Fsp3) is 0.355. The molecule has 5 rings (SSSR count). The molecule has 1 aliphatic heterocycles. The van der Waals surface area contributed by atoms with Crippen LogP contribution in [0.1, 0.15) is 49.1 Å². The monoisotopic (exact) mass is 515 g/mol. The number of ether oxygens (including phenoxy) is 1. The maximum Gasteiger partial charge on any atom is 0.225 e. The number of hydrogen-bond acceptors (Lipinski definition) is 3. The van der Waals surface area contributed by atoms with Gasteiger partial charge in [-0.3, -0.25) is 4.79 Å². The normalized spacial score (nSPS) is 16.6. The van der Waals surface area contributed by atoms with Gasteiger partial charge >= 0.3 is 0 Å². The van der Waals surface area contributed by atoms with Gasteiger partial charge in [0.05, 0.1) is 11.0 Å². The van der Waals surface area contributed by atoms with Crippen molar-refractivity contribution in [2.24, 2.45) is 5.92 Å². The van der Waals surface area contributed by atoms with Gasteiger partial charge in [-0.25, -0.2) is 4.98 Å². The highest BCUT2D eigenvalue weighted by Crippen LogP contribution is 2.28. The molecular formula is C31H34ClN3O2. The lowest BCUT2D eigenvalue weighted by molar-refractivity contribution is -0.136. The number of aromatic nitrogens is 2. The van der Waals surface area contributed by atoms with Crippen LogP contribution in [0.4, 0.5) is 0 Å². The highest BCUT2D eigenvalue weighted by Gasteiger charge is 2.27. The third-order valence-electron chi connectivity index (χ3n) is 7.45. The number of piperidine rings is 1. The number of halogens is 1. The van der Waals surface area contributed by atoms with Gasteiger partial charge in [0.2, 0.25) is 5.91 Å².